The topological polar surface area (TPSA) is 130 Å². The number of aliphatic carboxylic acids is 2. The van der Waals surface area contributed by atoms with Gasteiger partial charge in [0.25, 0.3) is 0 Å². The molecule has 0 aromatic carbocycles. The summed E-state index contributed by atoms with van der Waals surface area (Å²) in [5.41, 5.74) is 5.12. The number of rotatable bonds is 6. The maximum absolute atomic E-state index is 10.3. The van der Waals surface area contributed by atoms with E-state index in [2.05, 4.69) is 37.3 Å². The van der Waals surface area contributed by atoms with E-state index < -0.39 is 24.0 Å². The third-order valence-corrected chi connectivity index (χ3v) is 2.92. The second kappa shape index (κ2) is 11.5. The molecule has 0 heterocycles. The fourth-order valence-corrected chi connectivity index (χ4v) is 1.80. The molecule has 0 rings (SSSR count). The van der Waals surface area contributed by atoms with Crippen LogP contribution in [-0.4, -0.2) is 72.2 Å². The van der Waals surface area contributed by atoms with Crippen LogP contribution in [0.1, 0.15) is 13.3 Å². The number of nitrogens with two attached hydrogens (primary N) is 1. The van der Waals surface area contributed by atoms with Crippen molar-refractivity contribution in [2.75, 3.05) is 0 Å². The number of carbonyl (C=O) groups excluding carboxylic acids is 1. The van der Waals surface area contributed by atoms with Crippen molar-refractivity contribution in [2.24, 2.45) is 5.73 Å². The van der Waals surface area contributed by atoms with Crippen LogP contribution in [0.3, 0.4) is 0 Å². The Labute approximate surface area is 121 Å². The molecule has 2 atom stereocenters. The van der Waals surface area contributed by atoms with E-state index >= 15 is 0 Å². The molecule has 18 heavy (non-hydrogen) atoms. The Morgan fingerprint density at radius 3 is 1.83 bits per heavy atom. The molecule has 0 aromatic heterocycles. The number of carboxylic acid groups (broad SMARTS) is 2. The van der Waals surface area contributed by atoms with Gasteiger partial charge in [-0.2, -0.15) is 0 Å². The normalized spacial score (nSPS) is 12.7. The Hall–Kier alpha value is -0.591. The van der Waals surface area contributed by atoms with Crippen molar-refractivity contribution in [1.29, 1.82) is 0 Å². The van der Waals surface area contributed by atoms with Gasteiger partial charge in [-0.25, -0.2) is 0 Å². The zero-order valence-electron chi connectivity index (χ0n) is 9.87. The van der Waals surface area contributed by atoms with E-state index in [0.717, 1.165) is 5.32 Å². The van der Waals surface area contributed by atoms with Gasteiger partial charge in [-0.05, 0) is 0 Å². The summed E-state index contributed by atoms with van der Waals surface area (Å²) in [4.78, 5) is 30.5. The van der Waals surface area contributed by atoms with Crippen molar-refractivity contribution in [1.82, 2.24) is 5.32 Å². The van der Waals surface area contributed by atoms with Crippen LogP contribution in [0.15, 0.2) is 0 Å². The third-order valence-electron chi connectivity index (χ3n) is 1.62. The van der Waals surface area contributed by atoms with Crippen LogP contribution >= 0.6 is 0 Å². The zero-order valence-corrected chi connectivity index (χ0v) is 13.6. The molecule has 0 saturated heterocycles. The van der Waals surface area contributed by atoms with E-state index in [0.29, 0.717) is 11.7 Å². The van der Waals surface area contributed by atoms with Crippen molar-refractivity contribution in [3.05, 3.63) is 0 Å². The Morgan fingerprint density at radius 1 is 1.22 bits per heavy atom. The molecule has 0 aliphatic heterocycles. The molecule has 7 nitrogen and oxygen atoms in total. The number of hydrogen-bond donors (Lipinski definition) is 4. The number of amides is 1. The van der Waals surface area contributed by atoms with E-state index in [1.54, 1.807) is 0 Å². The van der Waals surface area contributed by atoms with Gasteiger partial charge in [0.05, 0.1) is 0 Å². The van der Waals surface area contributed by atoms with Crippen LogP contribution in [0.4, 0.5) is 0 Å². The van der Waals surface area contributed by atoms with Gasteiger partial charge in [-0.3, -0.25) is 0 Å². The molecule has 0 bridgehead atoms. The number of nitrogens with one attached hydrogen (secondary N) is 1. The second-order valence-electron chi connectivity index (χ2n) is 3.23. The van der Waals surface area contributed by atoms with Gasteiger partial charge in [-0.15, -0.1) is 0 Å². The Kier molecular flexibility index (Phi) is 12.6. The Morgan fingerprint density at radius 2 is 1.72 bits per heavy atom. The molecule has 0 unspecified atom stereocenters. The van der Waals surface area contributed by atoms with Crippen LogP contribution in [0.5, 0.6) is 0 Å². The molecule has 106 valence electrons. The standard InChI is InChI=1S/C5H9NO3Se.C4H9NO2Se/c1-3(7)6-4(2-10)5(8)9;5-3(1-2-8)4(6)7/h4,10H,2H2,1H3,(H,6,7)(H,8,9);3,8H,1-2,5H2,(H,6,7)/t4-;3-/m00/s1. The summed E-state index contributed by atoms with van der Waals surface area (Å²) < 4.78 is 0. The molecule has 0 aliphatic carbocycles. The SMILES string of the molecule is CC(=O)N[C@@H](C[SeH])C(=O)O.N[C@@H](CC[SeH])C(=O)O. The first-order valence-electron chi connectivity index (χ1n) is 4.96. The number of hydrogen-bond acceptors (Lipinski definition) is 4. The first kappa shape index (κ1) is 19.7. The Balaban J connectivity index is 0. The molecule has 0 spiro atoms. The van der Waals surface area contributed by atoms with Gasteiger partial charge in [0, 0.05) is 0 Å². The number of carbonyl (C=O) groups is 3. The summed E-state index contributed by atoms with van der Waals surface area (Å²) in [5, 5.41) is 20.0. The van der Waals surface area contributed by atoms with Crippen LogP contribution in [-0.2, 0) is 14.4 Å². The van der Waals surface area contributed by atoms with Crippen molar-refractivity contribution in [3.8, 4) is 0 Å². The van der Waals surface area contributed by atoms with Crippen molar-refractivity contribution < 1.29 is 24.6 Å². The summed E-state index contributed by atoms with van der Waals surface area (Å²) in [6.45, 7) is 1.29. The summed E-state index contributed by atoms with van der Waals surface area (Å²) in [7, 11) is 0. The van der Waals surface area contributed by atoms with E-state index in [4.69, 9.17) is 15.9 Å². The predicted octanol–water partition coefficient (Wildman–Crippen LogP) is -2.00. The number of carboxylic acids is 2. The van der Waals surface area contributed by atoms with E-state index in [-0.39, 0.29) is 5.91 Å². The summed E-state index contributed by atoms with van der Waals surface area (Å²) in [6, 6.07) is -1.45. The predicted molar refractivity (Wildman–Crippen MR) is 69.4 cm³/mol. The van der Waals surface area contributed by atoms with Crippen LogP contribution < -0.4 is 11.1 Å². The van der Waals surface area contributed by atoms with Gasteiger partial charge in [0.2, 0.25) is 0 Å². The van der Waals surface area contributed by atoms with E-state index in [1.165, 1.54) is 6.92 Å². The molecule has 0 aliphatic rings. The Bertz CT molecular complexity index is 288. The monoisotopic (exact) mass is 394 g/mol. The van der Waals surface area contributed by atoms with Gasteiger partial charge in [-0.1, -0.05) is 0 Å². The fraction of sp³-hybridized carbons (Fsp3) is 0.667. The minimum atomic E-state index is -1.00. The molecule has 0 aromatic rings. The first-order valence-corrected chi connectivity index (χ1v) is 7.61. The van der Waals surface area contributed by atoms with Gasteiger partial charge in [0.15, 0.2) is 0 Å². The molecule has 0 fully saturated rings. The molecular formula is C9H18N2O5Se2. The average Bonchev–Trinajstić information content (AvgIpc) is 2.26. The summed E-state index contributed by atoms with van der Waals surface area (Å²) >= 11 is 4.41. The zero-order chi connectivity index (χ0) is 14.7. The molecule has 9 heteroatoms. The quantitative estimate of drug-likeness (QED) is 0.387. The maximum atomic E-state index is 10.3. The minimum absolute atomic E-state index is 0.321. The fourth-order valence-electron chi connectivity index (χ4n) is 0.693. The van der Waals surface area contributed by atoms with E-state index in [1.807, 2.05) is 0 Å². The first-order chi connectivity index (χ1) is 8.26. The molecule has 5 N–H and O–H groups in total. The van der Waals surface area contributed by atoms with Gasteiger partial charge < -0.3 is 0 Å². The van der Waals surface area contributed by atoms with Crippen molar-refractivity contribution in [3.63, 3.8) is 0 Å². The van der Waals surface area contributed by atoms with Gasteiger partial charge >= 0.3 is 122 Å². The van der Waals surface area contributed by atoms with Crippen LogP contribution in [0.25, 0.3) is 0 Å². The van der Waals surface area contributed by atoms with E-state index in [9.17, 15) is 14.4 Å². The molecule has 0 saturated carbocycles. The molecule has 1 amide bonds. The summed E-state index contributed by atoms with van der Waals surface area (Å²) in [5.74, 6) is -2.25. The van der Waals surface area contributed by atoms with Crippen LogP contribution in [0, 0.1) is 0 Å². The van der Waals surface area contributed by atoms with Gasteiger partial charge in [0.1, 0.15) is 0 Å². The van der Waals surface area contributed by atoms with Crippen molar-refractivity contribution in [2.45, 2.75) is 36.1 Å². The molecule has 0 radical (unpaired) electrons. The second-order valence-corrected chi connectivity index (χ2v) is 4.94. The van der Waals surface area contributed by atoms with Crippen molar-refractivity contribution >= 4 is 49.9 Å². The third kappa shape index (κ3) is 11.9. The molecular weight excluding hydrogens is 374 g/mol. The average molecular weight is 392 g/mol. The van der Waals surface area contributed by atoms with Crippen LogP contribution in [0.2, 0.25) is 10.6 Å². The summed E-state index contributed by atoms with van der Waals surface area (Å²) in [6.07, 6.45) is 0.537.